The zero-order valence-corrected chi connectivity index (χ0v) is 16.8. The Morgan fingerprint density at radius 2 is 2.00 bits per heavy atom. The van der Waals surface area contributed by atoms with E-state index in [9.17, 15) is 4.79 Å². The Hall–Kier alpha value is -3.54. The van der Waals surface area contributed by atoms with E-state index in [1.165, 1.54) is 11.1 Å². The van der Waals surface area contributed by atoms with Gasteiger partial charge in [-0.25, -0.2) is 9.78 Å². The molecule has 29 heavy (non-hydrogen) atoms. The van der Waals surface area contributed by atoms with Crippen molar-refractivity contribution >= 4 is 28.3 Å². The average molecular weight is 385 g/mol. The summed E-state index contributed by atoms with van der Waals surface area (Å²) in [6.07, 6.45) is 4.78. The van der Waals surface area contributed by atoms with Gasteiger partial charge < -0.3 is 14.5 Å². The Kier molecular flexibility index (Phi) is 3.94. The van der Waals surface area contributed by atoms with Crippen LogP contribution in [0.1, 0.15) is 11.4 Å². The highest BCUT2D eigenvalue weighted by molar-refractivity contribution is 6.05. The number of imidazole rings is 1. The van der Waals surface area contributed by atoms with Crippen molar-refractivity contribution < 1.29 is 4.79 Å². The van der Waals surface area contributed by atoms with Crippen molar-refractivity contribution in [3.8, 4) is 11.3 Å². The molecule has 0 bridgehead atoms. The number of nitrogens with one attached hydrogen (secondary N) is 1. The number of aromatic nitrogens is 3. The SMILES string of the molecule is Cc1ncc(-c2cccc(NC(=O)N3CCc4cc5c(ccn5C)cc43)c2)n1C. The molecule has 146 valence electrons. The zero-order chi connectivity index (χ0) is 20.1. The fraction of sp³-hybridized carbons (Fsp3) is 0.217. The second kappa shape index (κ2) is 6.51. The van der Waals surface area contributed by atoms with Crippen LogP contribution in [0.15, 0.2) is 54.9 Å². The number of hydrogen-bond acceptors (Lipinski definition) is 2. The highest BCUT2D eigenvalue weighted by Crippen LogP contribution is 2.33. The topological polar surface area (TPSA) is 55.1 Å². The fourth-order valence-electron chi connectivity index (χ4n) is 4.08. The Balaban J connectivity index is 1.42. The van der Waals surface area contributed by atoms with Gasteiger partial charge in [-0.15, -0.1) is 0 Å². The first-order chi connectivity index (χ1) is 14.0. The summed E-state index contributed by atoms with van der Waals surface area (Å²) in [7, 11) is 4.04. The van der Waals surface area contributed by atoms with E-state index < -0.39 is 0 Å². The molecule has 4 aromatic rings. The van der Waals surface area contributed by atoms with Crippen molar-refractivity contribution in [2.75, 3.05) is 16.8 Å². The summed E-state index contributed by atoms with van der Waals surface area (Å²) in [4.78, 5) is 19.2. The number of benzene rings is 2. The van der Waals surface area contributed by atoms with Gasteiger partial charge in [0, 0.05) is 54.7 Å². The maximum atomic E-state index is 13.0. The van der Waals surface area contributed by atoms with Gasteiger partial charge in [0.25, 0.3) is 0 Å². The number of urea groups is 1. The van der Waals surface area contributed by atoms with Crippen molar-refractivity contribution in [3.63, 3.8) is 0 Å². The zero-order valence-electron chi connectivity index (χ0n) is 16.8. The number of nitrogens with zero attached hydrogens (tertiary/aromatic N) is 4. The van der Waals surface area contributed by atoms with E-state index in [4.69, 9.17) is 0 Å². The van der Waals surface area contributed by atoms with Crippen LogP contribution in [-0.2, 0) is 20.5 Å². The highest BCUT2D eigenvalue weighted by atomic mass is 16.2. The number of carbonyl (C=O) groups is 1. The lowest BCUT2D eigenvalue weighted by atomic mass is 10.1. The second-order valence-electron chi connectivity index (χ2n) is 7.63. The van der Waals surface area contributed by atoms with E-state index >= 15 is 0 Å². The molecule has 1 aliphatic rings. The summed E-state index contributed by atoms with van der Waals surface area (Å²) in [6.45, 7) is 2.67. The molecule has 0 radical (unpaired) electrons. The van der Waals surface area contributed by atoms with E-state index in [2.05, 4.69) is 39.3 Å². The normalized spacial score (nSPS) is 13.1. The Morgan fingerprint density at radius 1 is 1.14 bits per heavy atom. The number of fused-ring (bicyclic) bond motifs is 2. The molecule has 6 heteroatoms. The van der Waals surface area contributed by atoms with Crippen LogP contribution >= 0.6 is 0 Å². The van der Waals surface area contributed by atoms with Gasteiger partial charge in [0.15, 0.2) is 0 Å². The summed E-state index contributed by atoms with van der Waals surface area (Å²) in [6, 6.07) is 14.2. The van der Waals surface area contributed by atoms with Crippen molar-refractivity contribution in [1.82, 2.24) is 14.1 Å². The maximum absolute atomic E-state index is 13.0. The second-order valence-corrected chi connectivity index (χ2v) is 7.63. The van der Waals surface area contributed by atoms with E-state index in [-0.39, 0.29) is 6.03 Å². The number of aryl methyl sites for hydroxylation is 2. The van der Waals surface area contributed by atoms with Gasteiger partial charge in [-0.05, 0) is 49.2 Å². The Bertz CT molecular complexity index is 1250. The summed E-state index contributed by atoms with van der Waals surface area (Å²) >= 11 is 0. The molecule has 0 spiro atoms. The maximum Gasteiger partial charge on any atom is 0.326 e. The van der Waals surface area contributed by atoms with Gasteiger partial charge >= 0.3 is 6.03 Å². The standard InChI is InChI=1S/C23H23N5O/c1-15-24-14-22(27(15)3)16-5-4-6-19(11-16)25-23(29)28-10-8-18-12-20-17(13-21(18)28)7-9-26(20)2/h4-7,9,11-14H,8,10H2,1-3H3,(H,25,29). The minimum atomic E-state index is -0.0997. The first-order valence-electron chi connectivity index (χ1n) is 9.76. The fourth-order valence-corrected chi connectivity index (χ4v) is 4.08. The largest absolute Gasteiger partial charge is 0.351 e. The van der Waals surface area contributed by atoms with Crippen LogP contribution in [0.25, 0.3) is 22.2 Å². The molecular weight excluding hydrogens is 362 g/mol. The molecule has 0 saturated heterocycles. The quantitative estimate of drug-likeness (QED) is 0.553. The molecule has 0 atom stereocenters. The lowest BCUT2D eigenvalue weighted by Crippen LogP contribution is -2.33. The minimum absolute atomic E-state index is 0.0997. The van der Waals surface area contributed by atoms with Crippen molar-refractivity contribution in [3.05, 3.63) is 66.2 Å². The molecule has 0 aliphatic carbocycles. The van der Waals surface area contributed by atoms with E-state index in [0.29, 0.717) is 6.54 Å². The smallest absolute Gasteiger partial charge is 0.326 e. The summed E-state index contributed by atoms with van der Waals surface area (Å²) in [5.74, 6) is 0.954. The molecule has 6 nitrogen and oxygen atoms in total. The summed E-state index contributed by atoms with van der Waals surface area (Å²) in [5.41, 5.74) is 6.24. The molecule has 0 saturated carbocycles. The van der Waals surface area contributed by atoms with Crippen LogP contribution in [0.4, 0.5) is 16.2 Å². The molecule has 1 aliphatic heterocycles. The monoisotopic (exact) mass is 385 g/mol. The van der Waals surface area contributed by atoms with Crippen LogP contribution in [-0.4, -0.2) is 26.7 Å². The molecule has 2 amide bonds. The predicted octanol–water partition coefficient (Wildman–Crippen LogP) is 4.48. The predicted molar refractivity (Wildman–Crippen MR) is 116 cm³/mol. The lowest BCUT2D eigenvalue weighted by molar-refractivity contribution is 0.257. The van der Waals surface area contributed by atoms with E-state index in [1.807, 2.05) is 60.9 Å². The molecule has 5 rings (SSSR count). The number of carbonyl (C=O) groups excluding carboxylic acids is 1. The van der Waals surface area contributed by atoms with Crippen molar-refractivity contribution in [2.45, 2.75) is 13.3 Å². The van der Waals surface area contributed by atoms with Crippen LogP contribution in [0.3, 0.4) is 0 Å². The molecule has 0 fully saturated rings. The molecule has 2 aromatic carbocycles. The lowest BCUT2D eigenvalue weighted by Gasteiger charge is -2.19. The third-order valence-electron chi connectivity index (χ3n) is 5.86. The van der Waals surface area contributed by atoms with Crippen molar-refractivity contribution in [2.24, 2.45) is 14.1 Å². The average Bonchev–Trinajstić information content (AvgIpc) is 3.39. The highest BCUT2D eigenvalue weighted by Gasteiger charge is 2.25. The van der Waals surface area contributed by atoms with Gasteiger partial charge in [-0.3, -0.25) is 4.90 Å². The third-order valence-corrected chi connectivity index (χ3v) is 5.86. The van der Waals surface area contributed by atoms with E-state index in [0.717, 1.165) is 40.3 Å². The summed E-state index contributed by atoms with van der Waals surface area (Å²) < 4.78 is 4.16. The molecule has 3 heterocycles. The van der Waals surface area contributed by atoms with Gasteiger partial charge in [0.05, 0.1) is 11.9 Å². The minimum Gasteiger partial charge on any atom is -0.351 e. The van der Waals surface area contributed by atoms with Gasteiger partial charge in [0.1, 0.15) is 5.82 Å². The van der Waals surface area contributed by atoms with Crippen LogP contribution in [0.5, 0.6) is 0 Å². The number of amides is 2. The van der Waals surface area contributed by atoms with E-state index in [1.54, 1.807) is 0 Å². The van der Waals surface area contributed by atoms with Gasteiger partial charge in [0.2, 0.25) is 0 Å². The van der Waals surface area contributed by atoms with Crippen LogP contribution in [0, 0.1) is 6.92 Å². The van der Waals surface area contributed by atoms with Gasteiger partial charge in [-0.2, -0.15) is 0 Å². The van der Waals surface area contributed by atoms with Crippen LogP contribution in [0.2, 0.25) is 0 Å². The van der Waals surface area contributed by atoms with Crippen molar-refractivity contribution in [1.29, 1.82) is 0 Å². The first-order valence-corrected chi connectivity index (χ1v) is 9.76. The number of anilines is 2. The van der Waals surface area contributed by atoms with Crippen LogP contribution < -0.4 is 10.2 Å². The Labute approximate surface area is 169 Å². The molecule has 2 aromatic heterocycles. The third kappa shape index (κ3) is 2.88. The number of rotatable bonds is 2. The summed E-state index contributed by atoms with van der Waals surface area (Å²) in [5, 5.41) is 4.22. The Morgan fingerprint density at radius 3 is 2.79 bits per heavy atom. The number of hydrogen-bond donors (Lipinski definition) is 1. The molecule has 1 N–H and O–H groups in total. The van der Waals surface area contributed by atoms with Gasteiger partial charge in [-0.1, -0.05) is 12.1 Å². The molecule has 0 unspecified atom stereocenters. The molecular formula is C23H23N5O. The first kappa shape index (κ1) is 17.6.